The summed E-state index contributed by atoms with van der Waals surface area (Å²) in [5, 5.41) is 6.26. The number of nitrogens with one attached hydrogen (secondary N) is 2. The van der Waals surface area contributed by atoms with Gasteiger partial charge in [-0.3, -0.25) is 0 Å². The average Bonchev–Trinajstić information content (AvgIpc) is 2.29. The zero-order chi connectivity index (χ0) is 11.3. The Balaban J connectivity index is 2.72. The minimum atomic E-state index is -0.349. The van der Waals surface area contributed by atoms with Gasteiger partial charge < -0.3 is 15.4 Å². The van der Waals surface area contributed by atoms with Gasteiger partial charge in [-0.25, -0.2) is 4.79 Å². The molecule has 2 N–H and O–H groups in total. The number of ether oxygens (including phenoxy) is 1. The molecule has 15 heavy (non-hydrogen) atoms. The summed E-state index contributed by atoms with van der Waals surface area (Å²) in [5.74, 6) is -0.349. The highest BCUT2D eigenvalue weighted by Crippen LogP contribution is 2.10. The van der Waals surface area contributed by atoms with Gasteiger partial charge >= 0.3 is 5.97 Å². The third-order valence-corrected chi connectivity index (χ3v) is 2.10. The lowest BCUT2D eigenvalue weighted by atomic mass is 10.2. The van der Waals surface area contributed by atoms with Gasteiger partial charge in [0, 0.05) is 12.7 Å². The lowest BCUT2D eigenvalue weighted by molar-refractivity contribution is 0.0601. The number of carbonyl (C=O) groups is 1. The summed E-state index contributed by atoms with van der Waals surface area (Å²) in [6.45, 7) is 0. The first kappa shape index (κ1) is 11.5. The first-order valence-corrected chi connectivity index (χ1v) is 4.75. The van der Waals surface area contributed by atoms with Crippen molar-refractivity contribution in [1.82, 2.24) is 5.32 Å². The Morgan fingerprint density at radius 2 is 1.93 bits per heavy atom. The van der Waals surface area contributed by atoms with E-state index < -0.39 is 0 Å². The molecule has 0 aliphatic carbocycles. The fourth-order valence-electron chi connectivity index (χ4n) is 1.00. The first-order chi connectivity index (χ1) is 7.17. The Labute approximate surface area is 93.6 Å². The van der Waals surface area contributed by atoms with Crippen molar-refractivity contribution in [1.29, 1.82) is 0 Å². The predicted molar refractivity (Wildman–Crippen MR) is 63.1 cm³/mol. The maximum Gasteiger partial charge on any atom is 0.337 e. The molecule has 0 heterocycles. The standard InChI is InChI=1S/C10H12N2O2S/c1-11-10(15)12-8-5-3-7(4-6-8)9(13)14-2/h3-6H,1-2H3,(H2,11,12,15). The number of benzene rings is 1. The number of methoxy groups -OCH3 is 1. The summed E-state index contributed by atoms with van der Waals surface area (Å²) in [5.41, 5.74) is 1.33. The summed E-state index contributed by atoms with van der Waals surface area (Å²) >= 11 is 4.93. The largest absolute Gasteiger partial charge is 0.465 e. The number of esters is 1. The van der Waals surface area contributed by atoms with Crippen LogP contribution in [0.1, 0.15) is 10.4 Å². The van der Waals surface area contributed by atoms with E-state index in [4.69, 9.17) is 12.2 Å². The second kappa shape index (κ2) is 5.31. The molecule has 0 aliphatic rings. The van der Waals surface area contributed by atoms with E-state index in [0.29, 0.717) is 10.7 Å². The third-order valence-electron chi connectivity index (χ3n) is 1.79. The van der Waals surface area contributed by atoms with E-state index in [1.54, 1.807) is 31.3 Å². The average molecular weight is 224 g/mol. The zero-order valence-electron chi connectivity index (χ0n) is 8.53. The quantitative estimate of drug-likeness (QED) is 0.587. The predicted octanol–water partition coefficient (Wildman–Crippen LogP) is 1.39. The Morgan fingerprint density at radius 1 is 1.33 bits per heavy atom. The van der Waals surface area contributed by atoms with Crippen molar-refractivity contribution in [3.8, 4) is 0 Å². The van der Waals surface area contributed by atoms with Gasteiger partial charge in [0.2, 0.25) is 0 Å². The van der Waals surface area contributed by atoms with E-state index in [-0.39, 0.29) is 5.97 Å². The van der Waals surface area contributed by atoms with Crippen LogP contribution in [0.25, 0.3) is 0 Å². The zero-order valence-corrected chi connectivity index (χ0v) is 9.35. The second-order valence-electron chi connectivity index (χ2n) is 2.77. The molecular weight excluding hydrogens is 212 g/mol. The van der Waals surface area contributed by atoms with Gasteiger partial charge in [-0.1, -0.05) is 0 Å². The molecule has 1 aromatic carbocycles. The van der Waals surface area contributed by atoms with Crippen LogP contribution >= 0.6 is 12.2 Å². The lowest BCUT2D eigenvalue weighted by Crippen LogP contribution is -2.24. The van der Waals surface area contributed by atoms with Crippen molar-refractivity contribution in [2.45, 2.75) is 0 Å². The molecule has 0 fully saturated rings. The van der Waals surface area contributed by atoms with Gasteiger partial charge in [-0.2, -0.15) is 0 Å². The van der Waals surface area contributed by atoms with Crippen molar-refractivity contribution < 1.29 is 9.53 Å². The summed E-state index contributed by atoms with van der Waals surface area (Å²) in [6.07, 6.45) is 0. The Kier molecular flexibility index (Phi) is 4.05. The van der Waals surface area contributed by atoms with Crippen LogP contribution in [0, 0.1) is 0 Å². The molecule has 5 heteroatoms. The number of carbonyl (C=O) groups excluding carboxylic acids is 1. The molecular formula is C10H12N2O2S. The van der Waals surface area contributed by atoms with Crippen LogP contribution in [0.15, 0.2) is 24.3 Å². The van der Waals surface area contributed by atoms with Crippen LogP contribution in [0.5, 0.6) is 0 Å². The highest BCUT2D eigenvalue weighted by atomic mass is 32.1. The van der Waals surface area contributed by atoms with Crippen molar-refractivity contribution in [3.05, 3.63) is 29.8 Å². The number of rotatable bonds is 2. The van der Waals surface area contributed by atoms with Gasteiger partial charge in [0.05, 0.1) is 12.7 Å². The molecule has 1 aromatic rings. The van der Waals surface area contributed by atoms with Gasteiger partial charge in [0.25, 0.3) is 0 Å². The van der Waals surface area contributed by atoms with E-state index in [2.05, 4.69) is 15.4 Å². The Hall–Kier alpha value is -1.62. The first-order valence-electron chi connectivity index (χ1n) is 4.34. The molecule has 0 radical (unpaired) electrons. The van der Waals surface area contributed by atoms with E-state index in [1.165, 1.54) is 7.11 Å². The second-order valence-corrected chi connectivity index (χ2v) is 3.18. The van der Waals surface area contributed by atoms with E-state index in [9.17, 15) is 4.79 Å². The molecule has 1 rings (SSSR count). The molecule has 0 aliphatic heterocycles. The smallest absolute Gasteiger partial charge is 0.337 e. The topological polar surface area (TPSA) is 50.4 Å². The molecule has 0 saturated heterocycles. The molecule has 0 unspecified atom stereocenters. The van der Waals surface area contributed by atoms with Crippen molar-refractivity contribution in [3.63, 3.8) is 0 Å². The normalized spacial score (nSPS) is 9.20. The van der Waals surface area contributed by atoms with Gasteiger partial charge in [-0.05, 0) is 36.5 Å². The number of thiocarbonyl (C=S) groups is 1. The third kappa shape index (κ3) is 3.21. The van der Waals surface area contributed by atoms with E-state index in [0.717, 1.165) is 5.69 Å². The minimum Gasteiger partial charge on any atom is -0.465 e. The van der Waals surface area contributed by atoms with Gasteiger partial charge in [-0.15, -0.1) is 0 Å². The number of hydrogen-bond acceptors (Lipinski definition) is 3. The van der Waals surface area contributed by atoms with Gasteiger partial charge in [0.15, 0.2) is 5.11 Å². The van der Waals surface area contributed by atoms with Crippen LogP contribution in [0.3, 0.4) is 0 Å². The van der Waals surface area contributed by atoms with Crippen molar-refractivity contribution >= 4 is 29.0 Å². The molecule has 0 bridgehead atoms. The molecule has 0 spiro atoms. The van der Waals surface area contributed by atoms with Crippen molar-refractivity contribution in [2.24, 2.45) is 0 Å². The van der Waals surface area contributed by atoms with Crippen molar-refractivity contribution in [2.75, 3.05) is 19.5 Å². The molecule has 0 amide bonds. The maximum atomic E-state index is 11.1. The molecule has 0 aromatic heterocycles. The van der Waals surface area contributed by atoms with E-state index in [1.807, 2.05) is 0 Å². The Morgan fingerprint density at radius 3 is 2.40 bits per heavy atom. The van der Waals surface area contributed by atoms with Crippen LogP contribution in [0.4, 0.5) is 5.69 Å². The van der Waals surface area contributed by atoms with Crippen LogP contribution in [-0.2, 0) is 4.74 Å². The highest BCUT2D eigenvalue weighted by Gasteiger charge is 2.04. The van der Waals surface area contributed by atoms with Crippen LogP contribution in [0.2, 0.25) is 0 Å². The fraction of sp³-hybridized carbons (Fsp3) is 0.200. The molecule has 80 valence electrons. The highest BCUT2D eigenvalue weighted by molar-refractivity contribution is 7.80. The summed E-state index contributed by atoms with van der Waals surface area (Å²) in [4.78, 5) is 11.1. The number of hydrogen-bond donors (Lipinski definition) is 2. The van der Waals surface area contributed by atoms with Crippen LogP contribution < -0.4 is 10.6 Å². The Bertz CT molecular complexity index is 362. The lowest BCUT2D eigenvalue weighted by Gasteiger charge is -2.07. The molecule has 4 nitrogen and oxygen atoms in total. The van der Waals surface area contributed by atoms with Crippen LogP contribution in [-0.4, -0.2) is 25.2 Å². The summed E-state index contributed by atoms with van der Waals surface area (Å²) < 4.78 is 4.58. The molecule has 0 saturated carbocycles. The fourth-order valence-corrected chi connectivity index (χ4v) is 1.12. The monoisotopic (exact) mass is 224 g/mol. The van der Waals surface area contributed by atoms with E-state index >= 15 is 0 Å². The number of anilines is 1. The van der Waals surface area contributed by atoms with Gasteiger partial charge in [0.1, 0.15) is 0 Å². The summed E-state index contributed by atoms with van der Waals surface area (Å²) in [6, 6.07) is 6.87. The molecule has 0 atom stereocenters. The maximum absolute atomic E-state index is 11.1. The SMILES string of the molecule is CNC(=S)Nc1ccc(C(=O)OC)cc1. The minimum absolute atomic E-state index is 0.349. The summed E-state index contributed by atoms with van der Waals surface area (Å²) in [7, 11) is 3.09.